The van der Waals surface area contributed by atoms with Gasteiger partial charge < -0.3 is 14.4 Å². The SMILES string of the molecule is O=C(O)C(F)(F)F.O=C1N(Cc2cccc(F)c2)CCC12CCN(Cc1ccco1)C2. The number of carboxylic acids is 1. The minimum atomic E-state index is -5.08. The van der Waals surface area contributed by atoms with Crippen LogP contribution in [0.3, 0.4) is 0 Å². The first kappa shape index (κ1) is 22.8. The molecule has 4 rings (SSSR count). The van der Waals surface area contributed by atoms with Crippen LogP contribution in [0.5, 0.6) is 0 Å². The van der Waals surface area contributed by atoms with Crippen molar-refractivity contribution in [1.29, 1.82) is 0 Å². The standard InChI is InChI=1S/C19H21FN2O2.C2HF3O2/c20-16-4-1-3-15(11-16)12-22-9-7-19(18(22)23)6-8-21(14-19)13-17-5-2-10-24-17;3-2(4,5)1(6)7/h1-5,10-11H,6-9,12-14H2;(H,6,7). The first-order valence-electron chi connectivity index (χ1n) is 9.68. The van der Waals surface area contributed by atoms with E-state index in [1.165, 1.54) is 12.1 Å². The van der Waals surface area contributed by atoms with Gasteiger partial charge in [-0.15, -0.1) is 0 Å². The number of likely N-dealkylation sites (tertiary alicyclic amines) is 2. The highest BCUT2D eigenvalue weighted by atomic mass is 19.4. The maximum absolute atomic E-state index is 13.3. The first-order chi connectivity index (χ1) is 14.6. The molecule has 168 valence electrons. The van der Waals surface area contributed by atoms with E-state index in [-0.39, 0.29) is 17.1 Å². The number of halogens is 4. The van der Waals surface area contributed by atoms with E-state index < -0.39 is 12.1 Å². The third-order valence-corrected chi connectivity index (χ3v) is 5.50. The van der Waals surface area contributed by atoms with E-state index in [0.29, 0.717) is 6.54 Å². The number of hydrogen-bond donors (Lipinski definition) is 1. The fourth-order valence-electron chi connectivity index (χ4n) is 3.99. The van der Waals surface area contributed by atoms with E-state index in [4.69, 9.17) is 14.3 Å². The summed E-state index contributed by atoms with van der Waals surface area (Å²) in [7, 11) is 0. The molecule has 2 saturated heterocycles. The molecular formula is C21H22F4N2O4. The van der Waals surface area contributed by atoms with Gasteiger partial charge in [0.1, 0.15) is 11.6 Å². The summed E-state index contributed by atoms with van der Waals surface area (Å²) in [6, 6.07) is 10.4. The van der Waals surface area contributed by atoms with Gasteiger partial charge in [-0.2, -0.15) is 13.2 Å². The molecule has 0 radical (unpaired) electrons. The lowest BCUT2D eigenvalue weighted by molar-refractivity contribution is -0.192. The molecule has 1 amide bonds. The molecule has 0 aliphatic carbocycles. The van der Waals surface area contributed by atoms with Crippen LogP contribution in [0, 0.1) is 11.2 Å². The Balaban J connectivity index is 0.000000339. The molecule has 1 aromatic carbocycles. The number of hydrogen-bond acceptors (Lipinski definition) is 4. The zero-order valence-electron chi connectivity index (χ0n) is 16.6. The molecule has 10 heteroatoms. The lowest BCUT2D eigenvalue weighted by atomic mass is 9.85. The second-order valence-corrected chi connectivity index (χ2v) is 7.73. The molecule has 2 aliphatic heterocycles. The van der Waals surface area contributed by atoms with Gasteiger partial charge in [-0.05, 0) is 49.2 Å². The van der Waals surface area contributed by atoms with Gasteiger partial charge in [-0.3, -0.25) is 9.69 Å². The van der Waals surface area contributed by atoms with Crippen LogP contribution in [0.25, 0.3) is 0 Å². The van der Waals surface area contributed by atoms with E-state index in [1.54, 1.807) is 12.3 Å². The monoisotopic (exact) mass is 442 g/mol. The summed E-state index contributed by atoms with van der Waals surface area (Å²) in [5.41, 5.74) is 0.589. The molecule has 2 aliphatic rings. The summed E-state index contributed by atoms with van der Waals surface area (Å²) in [4.78, 5) is 26.0. The number of carbonyl (C=O) groups is 2. The van der Waals surface area contributed by atoms with Crippen molar-refractivity contribution in [2.24, 2.45) is 5.41 Å². The van der Waals surface area contributed by atoms with Crippen molar-refractivity contribution in [1.82, 2.24) is 9.80 Å². The summed E-state index contributed by atoms with van der Waals surface area (Å²) >= 11 is 0. The summed E-state index contributed by atoms with van der Waals surface area (Å²) in [6.45, 7) is 3.71. The van der Waals surface area contributed by atoms with Crippen LogP contribution in [-0.2, 0) is 22.7 Å². The van der Waals surface area contributed by atoms with Crippen molar-refractivity contribution in [3.05, 3.63) is 59.8 Å². The Bertz CT molecular complexity index is 916. The molecule has 2 fully saturated rings. The maximum atomic E-state index is 13.3. The minimum absolute atomic E-state index is 0.216. The van der Waals surface area contributed by atoms with Gasteiger partial charge in [0.05, 0.1) is 18.2 Å². The highest BCUT2D eigenvalue weighted by Crippen LogP contribution is 2.41. The smallest absolute Gasteiger partial charge is 0.475 e. The molecule has 1 atom stereocenters. The van der Waals surface area contributed by atoms with Crippen LogP contribution in [0.15, 0.2) is 47.1 Å². The zero-order chi connectivity index (χ0) is 22.6. The van der Waals surface area contributed by atoms with E-state index in [0.717, 1.165) is 50.3 Å². The third-order valence-electron chi connectivity index (χ3n) is 5.50. The number of alkyl halides is 3. The molecule has 3 heterocycles. The van der Waals surface area contributed by atoms with Gasteiger partial charge in [0.15, 0.2) is 0 Å². The number of aliphatic carboxylic acids is 1. The van der Waals surface area contributed by atoms with Gasteiger partial charge in [0.2, 0.25) is 5.91 Å². The van der Waals surface area contributed by atoms with Gasteiger partial charge in [0.25, 0.3) is 0 Å². The molecule has 1 aromatic heterocycles. The molecule has 1 unspecified atom stereocenters. The fraction of sp³-hybridized carbons (Fsp3) is 0.429. The lowest BCUT2D eigenvalue weighted by Gasteiger charge is -2.23. The Kier molecular flexibility index (Phi) is 6.68. The molecule has 6 nitrogen and oxygen atoms in total. The first-order valence-corrected chi connectivity index (χ1v) is 9.68. The number of furan rings is 1. The number of nitrogens with zero attached hydrogens (tertiary/aromatic N) is 2. The Hall–Kier alpha value is -2.88. The number of benzene rings is 1. The predicted molar refractivity (Wildman–Crippen MR) is 101 cm³/mol. The van der Waals surface area contributed by atoms with Crippen molar-refractivity contribution < 1.29 is 36.7 Å². The van der Waals surface area contributed by atoms with Crippen LogP contribution in [-0.4, -0.2) is 52.6 Å². The second-order valence-electron chi connectivity index (χ2n) is 7.73. The van der Waals surface area contributed by atoms with Crippen molar-refractivity contribution in [2.75, 3.05) is 19.6 Å². The summed E-state index contributed by atoms with van der Waals surface area (Å²) in [6.07, 6.45) is -1.62. The van der Waals surface area contributed by atoms with E-state index in [1.807, 2.05) is 23.1 Å². The van der Waals surface area contributed by atoms with Gasteiger partial charge in [-0.25, -0.2) is 9.18 Å². The number of amides is 1. The molecule has 0 saturated carbocycles. The van der Waals surface area contributed by atoms with Crippen molar-refractivity contribution in [3.8, 4) is 0 Å². The van der Waals surface area contributed by atoms with Crippen LogP contribution in [0.2, 0.25) is 0 Å². The van der Waals surface area contributed by atoms with Gasteiger partial charge in [-0.1, -0.05) is 12.1 Å². The van der Waals surface area contributed by atoms with Gasteiger partial charge >= 0.3 is 12.1 Å². The second kappa shape index (κ2) is 9.09. The van der Waals surface area contributed by atoms with E-state index in [9.17, 15) is 22.4 Å². The largest absolute Gasteiger partial charge is 0.490 e. The zero-order valence-corrected chi connectivity index (χ0v) is 16.6. The molecular weight excluding hydrogens is 420 g/mol. The number of carboxylic acid groups (broad SMARTS) is 1. The highest BCUT2D eigenvalue weighted by molar-refractivity contribution is 5.85. The maximum Gasteiger partial charge on any atom is 0.490 e. The minimum Gasteiger partial charge on any atom is -0.475 e. The average molecular weight is 442 g/mol. The Morgan fingerprint density at radius 2 is 1.84 bits per heavy atom. The van der Waals surface area contributed by atoms with E-state index in [2.05, 4.69) is 4.90 Å². The quantitative estimate of drug-likeness (QED) is 0.732. The Morgan fingerprint density at radius 3 is 2.45 bits per heavy atom. The fourth-order valence-corrected chi connectivity index (χ4v) is 3.99. The summed E-state index contributed by atoms with van der Waals surface area (Å²) in [5, 5.41) is 7.12. The normalized spacial score (nSPS) is 21.4. The average Bonchev–Trinajstić information content (AvgIpc) is 3.41. The van der Waals surface area contributed by atoms with Crippen molar-refractivity contribution in [2.45, 2.75) is 32.1 Å². The predicted octanol–water partition coefficient (Wildman–Crippen LogP) is 3.68. The van der Waals surface area contributed by atoms with Crippen LogP contribution < -0.4 is 0 Å². The van der Waals surface area contributed by atoms with Gasteiger partial charge in [0, 0.05) is 19.6 Å². The molecule has 1 N–H and O–H groups in total. The Morgan fingerprint density at radius 1 is 1.13 bits per heavy atom. The van der Waals surface area contributed by atoms with Crippen molar-refractivity contribution in [3.63, 3.8) is 0 Å². The molecule has 0 bridgehead atoms. The summed E-state index contributed by atoms with van der Waals surface area (Å²) in [5.74, 6) is -1.85. The third kappa shape index (κ3) is 5.63. The molecule has 31 heavy (non-hydrogen) atoms. The van der Waals surface area contributed by atoms with Crippen molar-refractivity contribution >= 4 is 11.9 Å². The topological polar surface area (TPSA) is 74.0 Å². The van der Waals surface area contributed by atoms with E-state index >= 15 is 0 Å². The summed E-state index contributed by atoms with van der Waals surface area (Å²) < 4.78 is 50.5. The van der Waals surface area contributed by atoms with Crippen LogP contribution in [0.1, 0.15) is 24.2 Å². The lowest BCUT2D eigenvalue weighted by Crippen LogP contribution is -2.36. The van der Waals surface area contributed by atoms with Crippen LogP contribution >= 0.6 is 0 Å². The number of rotatable bonds is 4. The molecule has 2 aromatic rings. The molecule has 1 spiro atoms. The highest BCUT2D eigenvalue weighted by Gasteiger charge is 2.50. The Labute approximate surface area is 176 Å². The number of carbonyl (C=O) groups excluding carboxylic acids is 1. The van der Waals surface area contributed by atoms with Crippen LogP contribution in [0.4, 0.5) is 17.6 Å².